The number of thiophene rings is 1. The fourth-order valence-electron chi connectivity index (χ4n) is 3.80. The Labute approximate surface area is 184 Å². The van der Waals surface area contributed by atoms with Crippen LogP contribution in [0, 0.1) is 0 Å². The Kier molecular flexibility index (Phi) is 5.34. The van der Waals surface area contributed by atoms with E-state index in [1.54, 1.807) is 11.0 Å². The van der Waals surface area contributed by atoms with Gasteiger partial charge in [-0.15, -0.1) is 11.3 Å². The second kappa shape index (κ2) is 8.43. The lowest BCUT2D eigenvalue weighted by Gasteiger charge is -2.28. The average molecular weight is 436 g/mol. The molecule has 0 unspecified atom stereocenters. The van der Waals surface area contributed by atoms with Crippen LogP contribution in [0.4, 0.5) is 0 Å². The molecule has 1 aromatic heterocycles. The molecular formula is C24H21NO5S. The summed E-state index contributed by atoms with van der Waals surface area (Å²) in [5.41, 5.74) is 3.36. The SMILES string of the molecule is O=C(OCC(=O)N1CCc2ccccc2C1)c1ccc(-c2ccc3c(c2)OCCO3)s1. The molecule has 0 saturated heterocycles. The van der Waals surface area contributed by atoms with Crippen molar-refractivity contribution < 1.29 is 23.8 Å². The molecule has 0 atom stereocenters. The smallest absolute Gasteiger partial charge is 0.348 e. The van der Waals surface area contributed by atoms with Gasteiger partial charge in [0.1, 0.15) is 18.1 Å². The minimum Gasteiger partial charge on any atom is -0.486 e. The third-order valence-electron chi connectivity index (χ3n) is 5.44. The molecule has 0 fully saturated rings. The first-order valence-electron chi connectivity index (χ1n) is 10.2. The maximum Gasteiger partial charge on any atom is 0.348 e. The first kappa shape index (κ1) is 19.6. The Hall–Kier alpha value is -3.32. The summed E-state index contributed by atoms with van der Waals surface area (Å²) in [6, 6.07) is 17.4. The van der Waals surface area contributed by atoms with Crippen molar-refractivity contribution in [2.24, 2.45) is 0 Å². The van der Waals surface area contributed by atoms with Gasteiger partial charge in [-0.2, -0.15) is 0 Å². The van der Waals surface area contributed by atoms with E-state index in [4.69, 9.17) is 14.2 Å². The molecule has 3 aromatic rings. The van der Waals surface area contributed by atoms with E-state index in [-0.39, 0.29) is 12.5 Å². The highest BCUT2D eigenvalue weighted by atomic mass is 32.1. The van der Waals surface area contributed by atoms with Crippen LogP contribution in [0.3, 0.4) is 0 Å². The van der Waals surface area contributed by atoms with Crippen LogP contribution < -0.4 is 9.47 Å². The van der Waals surface area contributed by atoms with Gasteiger partial charge in [0, 0.05) is 18.0 Å². The van der Waals surface area contributed by atoms with Gasteiger partial charge in [-0.05, 0) is 53.4 Å². The molecule has 0 bridgehead atoms. The number of hydrogen-bond acceptors (Lipinski definition) is 6. The van der Waals surface area contributed by atoms with Crippen molar-refractivity contribution in [1.29, 1.82) is 0 Å². The van der Waals surface area contributed by atoms with Gasteiger partial charge in [0.25, 0.3) is 5.91 Å². The molecule has 158 valence electrons. The van der Waals surface area contributed by atoms with Gasteiger partial charge < -0.3 is 19.1 Å². The van der Waals surface area contributed by atoms with E-state index in [2.05, 4.69) is 6.07 Å². The van der Waals surface area contributed by atoms with Crippen LogP contribution >= 0.6 is 11.3 Å². The Bertz CT molecular complexity index is 1140. The zero-order valence-corrected chi connectivity index (χ0v) is 17.7. The van der Waals surface area contributed by atoms with Crippen molar-refractivity contribution >= 4 is 23.2 Å². The Balaban J connectivity index is 1.20. The summed E-state index contributed by atoms with van der Waals surface area (Å²) in [5, 5.41) is 0. The number of carbonyl (C=O) groups is 2. The van der Waals surface area contributed by atoms with Gasteiger partial charge >= 0.3 is 5.97 Å². The lowest BCUT2D eigenvalue weighted by Crippen LogP contribution is -2.38. The van der Waals surface area contributed by atoms with Gasteiger partial charge in [0.15, 0.2) is 18.1 Å². The van der Waals surface area contributed by atoms with Gasteiger partial charge in [-0.1, -0.05) is 24.3 Å². The topological polar surface area (TPSA) is 65.1 Å². The first-order chi connectivity index (χ1) is 15.2. The van der Waals surface area contributed by atoms with Crippen molar-refractivity contribution in [3.8, 4) is 21.9 Å². The normalized spacial score (nSPS) is 14.6. The predicted molar refractivity (Wildman–Crippen MR) is 117 cm³/mol. The lowest BCUT2D eigenvalue weighted by atomic mass is 10.00. The highest BCUT2D eigenvalue weighted by Crippen LogP contribution is 2.37. The summed E-state index contributed by atoms with van der Waals surface area (Å²) in [7, 11) is 0. The summed E-state index contributed by atoms with van der Waals surface area (Å²) >= 11 is 1.33. The summed E-state index contributed by atoms with van der Waals surface area (Å²) < 4.78 is 16.5. The first-order valence-corrected chi connectivity index (χ1v) is 11.0. The maximum absolute atomic E-state index is 12.5. The number of nitrogens with zero attached hydrogens (tertiary/aromatic N) is 1. The third kappa shape index (κ3) is 4.14. The molecule has 0 N–H and O–H groups in total. The molecule has 31 heavy (non-hydrogen) atoms. The second-order valence-corrected chi connectivity index (χ2v) is 8.52. The van der Waals surface area contributed by atoms with E-state index in [1.165, 1.54) is 16.9 Å². The molecule has 3 heterocycles. The molecule has 0 spiro atoms. The highest BCUT2D eigenvalue weighted by Gasteiger charge is 2.22. The molecular weight excluding hydrogens is 414 g/mol. The Morgan fingerprint density at radius 2 is 1.77 bits per heavy atom. The Morgan fingerprint density at radius 3 is 2.65 bits per heavy atom. The average Bonchev–Trinajstić information content (AvgIpc) is 3.32. The number of hydrogen-bond donors (Lipinski definition) is 0. The molecule has 7 heteroatoms. The van der Waals surface area contributed by atoms with Crippen LogP contribution in [-0.2, 0) is 22.5 Å². The summed E-state index contributed by atoms with van der Waals surface area (Å²) in [4.78, 5) is 28.1. The number of benzene rings is 2. The largest absolute Gasteiger partial charge is 0.486 e. The number of fused-ring (bicyclic) bond motifs is 2. The number of amides is 1. The summed E-state index contributed by atoms with van der Waals surface area (Å²) in [6.45, 7) is 2.01. The second-order valence-electron chi connectivity index (χ2n) is 7.43. The van der Waals surface area contributed by atoms with E-state index in [1.807, 2.05) is 42.5 Å². The van der Waals surface area contributed by atoms with E-state index >= 15 is 0 Å². The van der Waals surface area contributed by atoms with Crippen LogP contribution in [-0.4, -0.2) is 43.1 Å². The molecule has 2 aliphatic rings. The standard InChI is InChI=1S/C24H21NO5S/c26-23(25-10-9-16-3-1-2-4-18(16)14-25)15-30-24(27)22-8-7-21(31-22)17-5-6-19-20(13-17)29-12-11-28-19/h1-8,13H,9-12,14-15H2. The fraction of sp³-hybridized carbons (Fsp3) is 0.250. The van der Waals surface area contributed by atoms with Gasteiger partial charge in [-0.25, -0.2) is 4.79 Å². The number of rotatable bonds is 4. The quantitative estimate of drug-likeness (QED) is 0.581. The molecule has 2 aliphatic heterocycles. The van der Waals surface area contributed by atoms with Crippen molar-refractivity contribution in [2.75, 3.05) is 26.4 Å². The van der Waals surface area contributed by atoms with E-state index in [9.17, 15) is 9.59 Å². The van der Waals surface area contributed by atoms with Crippen LogP contribution in [0.5, 0.6) is 11.5 Å². The lowest BCUT2D eigenvalue weighted by molar-refractivity contribution is -0.135. The minimum atomic E-state index is -0.487. The van der Waals surface area contributed by atoms with Crippen LogP contribution in [0.2, 0.25) is 0 Å². The monoisotopic (exact) mass is 435 g/mol. The molecule has 0 aliphatic carbocycles. The predicted octanol–water partition coefficient (Wildman–Crippen LogP) is 3.93. The van der Waals surface area contributed by atoms with Crippen molar-refractivity contribution in [3.05, 3.63) is 70.6 Å². The third-order valence-corrected chi connectivity index (χ3v) is 6.56. The van der Waals surface area contributed by atoms with Gasteiger partial charge in [0.2, 0.25) is 0 Å². The van der Waals surface area contributed by atoms with Crippen LogP contribution in [0.15, 0.2) is 54.6 Å². The summed E-state index contributed by atoms with van der Waals surface area (Å²) in [6.07, 6.45) is 0.819. The molecule has 2 aromatic carbocycles. The van der Waals surface area contributed by atoms with Gasteiger partial charge in [-0.3, -0.25) is 4.79 Å². The van der Waals surface area contributed by atoms with Crippen molar-refractivity contribution in [3.63, 3.8) is 0 Å². The van der Waals surface area contributed by atoms with E-state index in [0.29, 0.717) is 36.9 Å². The zero-order chi connectivity index (χ0) is 21.2. The maximum atomic E-state index is 12.5. The highest BCUT2D eigenvalue weighted by molar-refractivity contribution is 7.17. The molecule has 0 saturated carbocycles. The van der Waals surface area contributed by atoms with Crippen LogP contribution in [0.1, 0.15) is 20.8 Å². The number of ether oxygens (including phenoxy) is 3. The molecule has 1 amide bonds. The fourth-order valence-corrected chi connectivity index (χ4v) is 4.69. The zero-order valence-electron chi connectivity index (χ0n) is 16.8. The van der Waals surface area contributed by atoms with Crippen molar-refractivity contribution in [1.82, 2.24) is 4.90 Å². The van der Waals surface area contributed by atoms with Crippen LogP contribution in [0.25, 0.3) is 10.4 Å². The number of carbonyl (C=O) groups excluding carboxylic acids is 2. The number of esters is 1. The Morgan fingerprint density at radius 1 is 0.968 bits per heavy atom. The minimum absolute atomic E-state index is 0.175. The molecule has 6 nitrogen and oxygen atoms in total. The molecule has 5 rings (SSSR count). The van der Waals surface area contributed by atoms with E-state index < -0.39 is 5.97 Å². The van der Waals surface area contributed by atoms with E-state index in [0.717, 1.165) is 28.2 Å². The molecule has 0 radical (unpaired) electrons. The summed E-state index contributed by atoms with van der Waals surface area (Å²) in [5.74, 6) is 0.769. The van der Waals surface area contributed by atoms with Crippen molar-refractivity contribution in [2.45, 2.75) is 13.0 Å². The van der Waals surface area contributed by atoms with Gasteiger partial charge in [0.05, 0.1) is 0 Å².